The summed E-state index contributed by atoms with van der Waals surface area (Å²) in [6, 6.07) is 8.83. The fraction of sp³-hybridized carbons (Fsp3) is 0.0667. The molecule has 0 aliphatic heterocycles. The monoisotopic (exact) mass is 285 g/mol. The number of ketones is 2. The Kier molecular flexibility index (Phi) is 4.08. The molecule has 21 heavy (non-hydrogen) atoms. The number of hydrogen-bond donors (Lipinski definition) is 0. The van der Waals surface area contributed by atoms with Crippen LogP contribution in [-0.2, 0) is 4.79 Å². The van der Waals surface area contributed by atoms with Gasteiger partial charge < -0.3 is 4.42 Å². The lowest BCUT2D eigenvalue weighted by atomic mass is 10.0. The van der Waals surface area contributed by atoms with Gasteiger partial charge in [0.05, 0.1) is 22.3 Å². The van der Waals surface area contributed by atoms with Gasteiger partial charge in [0.2, 0.25) is 5.78 Å². The van der Waals surface area contributed by atoms with Crippen molar-refractivity contribution in [2.75, 3.05) is 0 Å². The lowest BCUT2D eigenvalue weighted by molar-refractivity contribution is -0.385. The van der Waals surface area contributed by atoms with Gasteiger partial charge in [0.15, 0.2) is 11.5 Å². The SMILES string of the molecule is CC(=O)/C(=C\c1ccccc1[N+](=O)[O-])C(=O)c1ccco1. The molecule has 106 valence electrons. The number of nitro groups is 1. The van der Waals surface area contributed by atoms with E-state index < -0.39 is 16.5 Å². The first-order valence-electron chi connectivity index (χ1n) is 6.05. The maximum atomic E-state index is 12.2. The molecule has 1 heterocycles. The van der Waals surface area contributed by atoms with Gasteiger partial charge in [-0.05, 0) is 31.2 Å². The minimum atomic E-state index is -0.606. The highest BCUT2D eigenvalue weighted by molar-refractivity contribution is 6.27. The highest BCUT2D eigenvalue weighted by Crippen LogP contribution is 2.22. The topological polar surface area (TPSA) is 90.4 Å². The van der Waals surface area contributed by atoms with Gasteiger partial charge in [-0.25, -0.2) is 0 Å². The van der Waals surface area contributed by atoms with Gasteiger partial charge in [0.1, 0.15) is 0 Å². The van der Waals surface area contributed by atoms with Crippen molar-refractivity contribution in [2.24, 2.45) is 0 Å². The van der Waals surface area contributed by atoms with Crippen molar-refractivity contribution < 1.29 is 18.9 Å². The Morgan fingerprint density at radius 2 is 1.90 bits per heavy atom. The first-order chi connectivity index (χ1) is 10.0. The van der Waals surface area contributed by atoms with Crippen molar-refractivity contribution in [2.45, 2.75) is 6.92 Å². The molecule has 6 heteroatoms. The average Bonchev–Trinajstić information content (AvgIpc) is 2.98. The number of benzene rings is 1. The number of allylic oxidation sites excluding steroid dienone is 1. The van der Waals surface area contributed by atoms with E-state index in [-0.39, 0.29) is 22.6 Å². The zero-order valence-electron chi connectivity index (χ0n) is 11.1. The second-order valence-electron chi connectivity index (χ2n) is 4.24. The molecule has 0 N–H and O–H groups in total. The second kappa shape index (κ2) is 5.96. The van der Waals surface area contributed by atoms with Crippen molar-refractivity contribution in [3.05, 3.63) is 69.7 Å². The van der Waals surface area contributed by atoms with Gasteiger partial charge in [-0.15, -0.1) is 0 Å². The summed E-state index contributed by atoms with van der Waals surface area (Å²) in [7, 11) is 0. The van der Waals surface area contributed by atoms with E-state index >= 15 is 0 Å². The van der Waals surface area contributed by atoms with E-state index in [9.17, 15) is 19.7 Å². The third-order valence-corrected chi connectivity index (χ3v) is 2.80. The Morgan fingerprint density at radius 1 is 1.19 bits per heavy atom. The third kappa shape index (κ3) is 3.11. The molecule has 0 fully saturated rings. The Bertz CT molecular complexity index is 728. The smallest absolute Gasteiger partial charge is 0.276 e. The van der Waals surface area contributed by atoms with E-state index in [0.29, 0.717) is 0 Å². The second-order valence-corrected chi connectivity index (χ2v) is 4.24. The molecule has 0 spiro atoms. The summed E-state index contributed by atoms with van der Waals surface area (Å²) in [5, 5.41) is 11.0. The van der Waals surface area contributed by atoms with Crippen LogP contribution in [0.3, 0.4) is 0 Å². The molecule has 6 nitrogen and oxygen atoms in total. The Balaban J connectivity index is 2.51. The van der Waals surface area contributed by atoms with Crippen LogP contribution in [-0.4, -0.2) is 16.5 Å². The third-order valence-electron chi connectivity index (χ3n) is 2.80. The van der Waals surface area contributed by atoms with Gasteiger partial charge in [0.25, 0.3) is 5.69 Å². The normalized spacial score (nSPS) is 11.2. The number of rotatable bonds is 5. The van der Waals surface area contributed by atoms with E-state index in [2.05, 4.69) is 0 Å². The zero-order chi connectivity index (χ0) is 15.4. The van der Waals surface area contributed by atoms with Crippen molar-refractivity contribution in [3.8, 4) is 0 Å². The summed E-state index contributed by atoms with van der Waals surface area (Å²) in [4.78, 5) is 34.2. The van der Waals surface area contributed by atoms with Crippen LogP contribution >= 0.6 is 0 Å². The van der Waals surface area contributed by atoms with E-state index in [4.69, 9.17) is 4.42 Å². The van der Waals surface area contributed by atoms with Gasteiger partial charge in [-0.2, -0.15) is 0 Å². The van der Waals surface area contributed by atoms with Gasteiger partial charge >= 0.3 is 0 Å². The van der Waals surface area contributed by atoms with Crippen molar-refractivity contribution >= 4 is 23.3 Å². The fourth-order valence-corrected chi connectivity index (χ4v) is 1.80. The Labute approximate surface area is 119 Å². The fourth-order valence-electron chi connectivity index (χ4n) is 1.80. The molecule has 0 atom stereocenters. The summed E-state index contributed by atoms with van der Waals surface area (Å²) in [5.74, 6) is -1.09. The molecule has 0 unspecified atom stereocenters. The number of furan rings is 1. The van der Waals surface area contributed by atoms with Crippen LogP contribution in [0, 0.1) is 10.1 Å². The standard InChI is InChI=1S/C15H11NO5/c1-10(17)12(15(18)14-7-4-8-21-14)9-11-5-2-3-6-13(11)16(19)20/h2-9H,1H3/b12-9+. The number of carbonyl (C=O) groups is 2. The molecule has 0 saturated heterocycles. The molecular formula is C15H11NO5. The minimum Gasteiger partial charge on any atom is -0.461 e. The molecule has 1 aromatic heterocycles. The van der Waals surface area contributed by atoms with Crippen molar-refractivity contribution in [1.82, 2.24) is 0 Å². The highest BCUT2D eigenvalue weighted by atomic mass is 16.6. The molecule has 0 bridgehead atoms. The number of nitro benzene ring substituents is 1. The zero-order valence-corrected chi connectivity index (χ0v) is 11.1. The molecule has 0 aliphatic rings. The summed E-state index contributed by atoms with van der Waals surface area (Å²) in [6.07, 6.45) is 2.53. The van der Waals surface area contributed by atoms with Crippen LogP contribution in [0.15, 0.2) is 52.7 Å². The van der Waals surface area contributed by atoms with Crippen LogP contribution in [0.1, 0.15) is 23.0 Å². The quantitative estimate of drug-likeness (QED) is 0.210. The first kappa shape index (κ1) is 14.4. The highest BCUT2D eigenvalue weighted by Gasteiger charge is 2.21. The molecular weight excluding hydrogens is 274 g/mol. The van der Waals surface area contributed by atoms with Crippen LogP contribution in [0.4, 0.5) is 5.69 Å². The van der Waals surface area contributed by atoms with Crippen LogP contribution in [0.5, 0.6) is 0 Å². The Hall–Kier alpha value is -3.02. The molecule has 1 aromatic carbocycles. The molecule has 0 aliphatic carbocycles. The first-order valence-corrected chi connectivity index (χ1v) is 6.05. The van der Waals surface area contributed by atoms with Gasteiger partial charge in [-0.1, -0.05) is 12.1 Å². The Morgan fingerprint density at radius 3 is 2.48 bits per heavy atom. The lowest BCUT2D eigenvalue weighted by Crippen LogP contribution is -2.10. The number of para-hydroxylation sites is 1. The van der Waals surface area contributed by atoms with E-state index in [1.165, 1.54) is 49.6 Å². The van der Waals surface area contributed by atoms with Crippen LogP contribution in [0.25, 0.3) is 6.08 Å². The summed E-state index contributed by atoms with van der Waals surface area (Å²) in [5.41, 5.74) is -0.157. The largest absolute Gasteiger partial charge is 0.461 e. The minimum absolute atomic E-state index is 0.00929. The molecule has 0 amide bonds. The maximum absolute atomic E-state index is 12.2. The number of hydrogen-bond acceptors (Lipinski definition) is 5. The van der Waals surface area contributed by atoms with Crippen LogP contribution in [0.2, 0.25) is 0 Å². The molecule has 0 saturated carbocycles. The van der Waals surface area contributed by atoms with Crippen molar-refractivity contribution in [3.63, 3.8) is 0 Å². The number of Topliss-reactive ketones (excluding diaryl/α,β-unsaturated/α-hetero) is 2. The molecule has 2 aromatic rings. The van der Waals surface area contributed by atoms with Crippen LogP contribution < -0.4 is 0 Å². The lowest BCUT2D eigenvalue weighted by Gasteiger charge is -2.02. The average molecular weight is 285 g/mol. The van der Waals surface area contributed by atoms with E-state index in [1.807, 2.05) is 0 Å². The van der Waals surface area contributed by atoms with E-state index in [0.717, 1.165) is 0 Å². The van der Waals surface area contributed by atoms with Gasteiger partial charge in [-0.3, -0.25) is 19.7 Å². The summed E-state index contributed by atoms with van der Waals surface area (Å²) < 4.78 is 4.97. The van der Waals surface area contributed by atoms with Crippen molar-refractivity contribution in [1.29, 1.82) is 0 Å². The maximum Gasteiger partial charge on any atom is 0.276 e. The van der Waals surface area contributed by atoms with Gasteiger partial charge in [0, 0.05) is 6.07 Å². The molecule has 2 rings (SSSR count). The summed E-state index contributed by atoms with van der Waals surface area (Å²) >= 11 is 0. The predicted octanol–water partition coefficient (Wildman–Crippen LogP) is 3.04. The predicted molar refractivity (Wildman–Crippen MR) is 74.8 cm³/mol. The number of nitrogens with zero attached hydrogens (tertiary/aromatic N) is 1. The molecule has 0 radical (unpaired) electrons. The van der Waals surface area contributed by atoms with E-state index in [1.54, 1.807) is 6.07 Å². The summed E-state index contributed by atoms with van der Waals surface area (Å²) in [6.45, 7) is 1.22. The number of carbonyl (C=O) groups excluding carboxylic acids is 2.